The van der Waals surface area contributed by atoms with E-state index in [1.165, 1.54) is 11.8 Å². The normalized spacial score (nSPS) is 13.1. The number of hydrogen-bond acceptors (Lipinski definition) is 7. The van der Waals surface area contributed by atoms with Gasteiger partial charge in [0.15, 0.2) is 22.5 Å². The highest BCUT2D eigenvalue weighted by Crippen LogP contribution is 2.33. The van der Waals surface area contributed by atoms with Crippen molar-refractivity contribution < 1.29 is 19.1 Å². The summed E-state index contributed by atoms with van der Waals surface area (Å²) in [4.78, 5) is 25.6. The molecule has 1 aromatic heterocycles. The van der Waals surface area contributed by atoms with E-state index in [-0.39, 0.29) is 36.3 Å². The molecule has 0 spiro atoms. The van der Waals surface area contributed by atoms with Crippen molar-refractivity contribution in [3.8, 4) is 11.5 Å². The second kappa shape index (κ2) is 10.9. The summed E-state index contributed by atoms with van der Waals surface area (Å²) in [6, 6.07) is 8.51. The third-order valence-electron chi connectivity index (χ3n) is 6.06. The monoisotopic (exact) mass is 573 g/mol. The Morgan fingerprint density at radius 2 is 1.86 bits per heavy atom. The van der Waals surface area contributed by atoms with Crippen LogP contribution < -0.4 is 20.1 Å². The number of thioether (sulfide) groups is 1. The molecule has 0 aliphatic carbocycles. The maximum Gasteiger partial charge on any atom is 0.252 e. The lowest BCUT2D eigenvalue weighted by Crippen LogP contribution is -2.33. The van der Waals surface area contributed by atoms with Crippen LogP contribution in [0.5, 0.6) is 11.5 Å². The molecule has 0 radical (unpaired) electrons. The van der Waals surface area contributed by atoms with Crippen LogP contribution in [0.2, 0.25) is 0 Å². The van der Waals surface area contributed by atoms with Gasteiger partial charge in [0.25, 0.3) is 5.91 Å². The minimum atomic E-state index is -0.378. The van der Waals surface area contributed by atoms with Gasteiger partial charge in [0.1, 0.15) is 0 Å². The van der Waals surface area contributed by atoms with Gasteiger partial charge in [-0.3, -0.25) is 9.59 Å². The van der Waals surface area contributed by atoms with E-state index in [9.17, 15) is 9.59 Å². The van der Waals surface area contributed by atoms with Gasteiger partial charge in [0, 0.05) is 22.8 Å². The number of rotatable bonds is 8. The molecule has 0 saturated heterocycles. The molecule has 4 rings (SSSR count). The Balaban J connectivity index is 1.42. The Bertz CT molecular complexity index is 1310. The van der Waals surface area contributed by atoms with Crippen LogP contribution in [0.1, 0.15) is 47.2 Å². The second-order valence-electron chi connectivity index (χ2n) is 8.84. The fourth-order valence-corrected chi connectivity index (χ4v) is 4.90. The first-order chi connectivity index (χ1) is 17.2. The Hall–Kier alpha value is -3.05. The average molecular weight is 575 g/mol. The number of amides is 2. The molecule has 9 nitrogen and oxygen atoms in total. The standard InChI is InChI=1S/C25H28BrN5O4S/c1-13(2)22(28-24(33)16-6-9-19-20(10-16)35-12-34-19)23-29-30-25(31(23)5)36-11-21(32)27-18-8-7-17(26)14(3)15(18)4/h6-10,13,22H,11-12H2,1-5H3,(H,27,32)(H,28,33). The molecule has 2 N–H and O–H groups in total. The Kier molecular flexibility index (Phi) is 7.89. The summed E-state index contributed by atoms with van der Waals surface area (Å²) >= 11 is 4.80. The number of hydrogen-bond donors (Lipinski definition) is 2. The Morgan fingerprint density at radius 1 is 1.11 bits per heavy atom. The summed E-state index contributed by atoms with van der Waals surface area (Å²) < 4.78 is 13.5. The van der Waals surface area contributed by atoms with Gasteiger partial charge >= 0.3 is 0 Å². The molecule has 0 saturated carbocycles. The lowest BCUT2D eigenvalue weighted by Gasteiger charge is -2.21. The van der Waals surface area contributed by atoms with E-state index in [0.29, 0.717) is 28.0 Å². The first-order valence-corrected chi connectivity index (χ1v) is 13.2. The number of carbonyl (C=O) groups is 2. The smallest absolute Gasteiger partial charge is 0.252 e. The minimum absolute atomic E-state index is 0.0515. The van der Waals surface area contributed by atoms with Gasteiger partial charge in [0.05, 0.1) is 11.8 Å². The topological polar surface area (TPSA) is 107 Å². The van der Waals surface area contributed by atoms with Gasteiger partial charge in [0.2, 0.25) is 12.7 Å². The van der Waals surface area contributed by atoms with Gasteiger partial charge < -0.3 is 24.7 Å². The number of carbonyl (C=O) groups excluding carboxylic acids is 2. The van der Waals surface area contributed by atoms with Crippen LogP contribution in [0.4, 0.5) is 5.69 Å². The maximum atomic E-state index is 13.0. The fourth-order valence-electron chi connectivity index (χ4n) is 3.75. The summed E-state index contributed by atoms with van der Waals surface area (Å²) in [6.07, 6.45) is 0. The second-order valence-corrected chi connectivity index (χ2v) is 10.6. The van der Waals surface area contributed by atoms with Crippen molar-refractivity contribution in [2.24, 2.45) is 13.0 Å². The number of aromatic nitrogens is 3. The van der Waals surface area contributed by atoms with Gasteiger partial charge in [-0.05, 0) is 61.2 Å². The minimum Gasteiger partial charge on any atom is -0.454 e. The van der Waals surface area contributed by atoms with E-state index < -0.39 is 0 Å². The SMILES string of the molecule is Cc1c(Br)ccc(NC(=O)CSc2nnc(C(NC(=O)c3ccc4c(c3)OCO4)C(C)C)n2C)c1C. The highest BCUT2D eigenvalue weighted by molar-refractivity contribution is 9.10. The summed E-state index contributed by atoms with van der Waals surface area (Å²) in [5.74, 6) is 1.63. The van der Waals surface area contributed by atoms with Crippen molar-refractivity contribution in [3.63, 3.8) is 0 Å². The van der Waals surface area contributed by atoms with Crippen molar-refractivity contribution in [2.75, 3.05) is 17.9 Å². The maximum absolute atomic E-state index is 13.0. The molecule has 1 aliphatic rings. The van der Waals surface area contributed by atoms with Crippen LogP contribution in [0.15, 0.2) is 40.0 Å². The Morgan fingerprint density at radius 3 is 2.61 bits per heavy atom. The van der Waals surface area contributed by atoms with Gasteiger partial charge in [-0.15, -0.1) is 10.2 Å². The van der Waals surface area contributed by atoms with E-state index in [1.807, 2.05) is 51.4 Å². The zero-order chi connectivity index (χ0) is 26.0. The number of benzene rings is 2. The number of fused-ring (bicyclic) bond motifs is 1. The molecule has 0 fully saturated rings. The predicted molar refractivity (Wildman–Crippen MR) is 142 cm³/mol. The van der Waals surface area contributed by atoms with Crippen LogP contribution in [0.3, 0.4) is 0 Å². The molecule has 3 aromatic rings. The molecular formula is C25H28BrN5O4S. The molecule has 1 atom stereocenters. The number of anilines is 1. The Labute approximate surface area is 222 Å². The van der Waals surface area contributed by atoms with Crippen molar-refractivity contribution in [3.05, 3.63) is 57.3 Å². The van der Waals surface area contributed by atoms with Gasteiger partial charge in [-0.25, -0.2) is 0 Å². The third-order valence-corrected chi connectivity index (χ3v) is 7.94. The van der Waals surface area contributed by atoms with Crippen LogP contribution in [-0.4, -0.2) is 39.1 Å². The lowest BCUT2D eigenvalue weighted by molar-refractivity contribution is -0.113. The third kappa shape index (κ3) is 5.52. The number of nitrogens with zero attached hydrogens (tertiary/aromatic N) is 3. The molecule has 36 heavy (non-hydrogen) atoms. The van der Waals surface area contributed by atoms with Crippen molar-refractivity contribution in [2.45, 2.75) is 38.9 Å². The van der Waals surface area contributed by atoms with E-state index in [1.54, 1.807) is 18.2 Å². The van der Waals surface area contributed by atoms with E-state index >= 15 is 0 Å². The predicted octanol–water partition coefficient (Wildman–Crippen LogP) is 4.78. The van der Waals surface area contributed by atoms with Crippen molar-refractivity contribution in [1.82, 2.24) is 20.1 Å². The van der Waals surface area contributed by atoms with E-state index in [4.69, 9.17) is 9.47 Å². The number of halogens is 1. The van der Waals surface area contributed by atoms with Gasteiger partial charge in [-0.2, -0.15) is 0 Å². The highest BCUT2D eigenvalue weighted by Gasteiger charge is 2.26. The molecule has 1 unspecified atom stereocenters. The lowest BCUT2D eigenvalue weighted by atomic mass is 10.0. The summed E-state index contributed by atoms with van der Waals surface area (Å²) in [7, 11) is 1.83. The molecule has 1 aliphatic heterocycles. The van der Waals surface area contributed by atoms with Crippen molar-refractivity contribution in [1.29, 1.82) is 0 Å². The molecule has 11 heteroatoms. The zero-order valence-electron chi connectivity index (χ0n) is 20.7. The fraction of sp³-hybridized carbons (Fsp3) is 0.360. The van der Waals surface area contributed by atoms with Crippen LogP contribution in [0.25, 0.3) is 0 Å². The first kappa shape index (κ1) is 26.0. The largest absolute Gasteiger partial charge is 0.454 e. The zero-order valence-corrected chi connectivity index (χ0v) is 23.1. The molecule has 0 bridgehead atoms. The van der Waals surface area contributed by atoms with Crippen LogP contribution in [-0.2, 0) is 11.8 Å². The van der Waals surface area contributed by atoms with E-state index in [2.05, 4.69) is 36.8 Å². The van der Waals surface area contributed by atoms with Crippen LogP contribution in [0, 0.1) is 19.8 Å². The number of nitrogens with one attached hydrogen (secondary N) is 2. The average Bonchev–Trinajstić information content (AvgIpc) is 3.47. The summed E-state index contributed by atoms with van der Waals surface area (Å²) in [6.45, 7) is 8.13. The first-order valence-electron chi connectivity index (χ1n) is 11.4. The molecule has 2 heterocycles. The summed E-state index contributed by atoms with van der Waals surface area (Å²) in [5, 5.41) is 15.2. The molecular weight excluding hydrogens is 546 g/mol. The molecule has 2 aromatic carbocycles. The van der Waals surface area contributed by atoms with Gasteiger partial charge in [-0.1, -0.05) is 41.5 Å². The molecule has 2 amide bonds. The summed E-state index contributed by atoms with van der Waals surface area (Å²) in [5.41, 5.74) is 3.35. The molecule has 190 valence electrons. The van der Waals surface area contributed by atoms with Crippen LogP contribution >= 0.6 is 27.7 Å². The highest BCUT2D eigenvalue weighted by atomic mass is 79.9. The van der Waals surface area contributed by atoms with E-state index in [0.717, 1.165) is 21.3 Å². The van der Waals surface area contributed by atoms with Crippen molar-refractivity contribution >= 4 is 45.2 Å². The quantitative estimate of drug-likeness (QED) is 0.373. The number of ether oxygens (including phenoxy) is 2.